The molecule has 0 saturated carbocycles. The van der Waals surface area contributed by atoms with Crippen LogP contribution < -0.4 is 15.4 Å². The number of rotatable bonds is 5. The zero-order chi connectivity index (χ0) is 21.0. The summed E-state index contributed by atoms with van der Waals surface area (Å²) in [5, 5.41) is 6.12. The first-order valence-corrected chi connectivity index (χ1v) is 9.96. The summed E-state index contributed by atoms with van der Waals surface area (Å²) in [5.41, 5.74) is 1.53. The number of para-hydroxylation sites is 1. The highest BCUT2D eigenvalue weighted by Crippen LogP contribution is 2.27. The molecule has 0 fully saturated rings. The van der Waals surface area contributed by atoms with Gasteiger partial charge in [-0.3, -0.25) is 10.1 Å². The minimum atomic E-state index is -0.389. The van der Waals surface area contributed by atoms with Gasteiger partial charge in [0.25, 0.3) is 5.91 Å². The lowest BCUT2D eigenvalue weighted by molar-refractivity contribution is 0.0378. The second-order valence-corrected chi connectivity index (χ2v) is 7.70. The molecule has 0 bridgehead atoms. The highest BCUT2D eigenvalue weighted by atomic mass is 32.1. The third-order valence-corrected chi connectivity index (χ3v) is 4.90. The van der Waals surface area contributed by atoms with Crippen LogP contribution in [-0.4, -0.2) is 35.2 Å². The molecule has 1 amide bonds. The van der Waals surface area contributed by atoms with Gasteiger partial charge in [-0.15, -0.1) is 0 Å². The van der Waals surface area contributed by atoms with Crippen LogP contribution in [0, 0.1) is 0 Å². The molecular formula is C20H19N3O4S2. The van der Waals surface area contributed by atoms with Gasteiger partial charge < -0.3 is 14.8 Å². The van der Waals surface area contributed by atoms with Crippen LogP contribution in [-0.2, 0) is 4.74 Å². The standard InChI is InChI=1S/C20H19N3O4S2/c1-11(2)27-18(25)12-8-9-14-16(10-12)29-20(21-14)23-19(28)22-17(24)13-6-4-5-7-15(13)26-3/h4-11H,1-3H3,(H2,21,22,23,24,28). The minimum absolute atomic E-state index is 0.111. The molecule has 150 valence electrons. The van der Waals surface area contributed by atoms with E-state index in [1.807, 2.05) is 0 Å². The summed E-state index contributed by atoms with van der Waals surface area (Å²) in [6.45, 7) is 3.59. The average molecular weight is 430 g/mol. The monoisotopic (exact) mass is 429 g/mol. The lowest BCUT2D eigenvalue weighted by atomic mass is 10.2. The van der Waals surface area contributed by atoms with E-state index in [9.17, 15) is 9.59 Å². The second-order valence-electron chi connectivity index (χ2n) is 6.26. The third-order valence-electron chi connectivity index (χ3n) is 3.77. The maximum atomic E-state index is 12.4. The fraction of sp³-hybridized carbons (Fsp3) is 0.200. The van der Waals surface area contributed by atoms with E-state index in [1.54, 1.807) is 56.3 Å². The molecule has 3 aromatic rings. The molecule has 0 atom stereocenters. The van der Waals surface area contributed by atoms with Crippen molar-refractivity contribution in [2.75, 3.05) is 12.4 Å². The van der Waals surface area contributed by atoms with E-state index in [4.69, 9.17) is 21.7 Å². The number of ether oxygens (including phenoxy) is 2. The highest BCUT2D eigenvalue weighted by molar-refractivity contribution is 7.80. The number of nitrogens with zero attached hydrogens (tertiary/aromatic N) is 1. The Morgan fingerprint density at radius 1 is 1.17 bits per heavy atom. The number of benzene rings is 2. The summed E-state index contributed by atoms with van der Waals surface area (Å²) < 4.78 is 11.2. The molecule has 7 nitrogen and oxygen atoms in total. The first kappa shape index (κ1) is 20.7. The van der Waals surface area contributed by atoms with Crippen molar-refractivity contribution in [3.63, 3.8) is 0 Å². The lowest BCUT2D eigenvalue weighted by Crippen LogP contribution is -2.34. The van der Waals surface area contributed by atoms with E-state index < -0.39 is 0 Å². The molecule has 3 rings (SSSR count). The van der Waals surface area contributed by atoms with E-state index in [-0.39, 0.29) is 23.1 Å². The Hall–Kier alpha value is -3.04. The van der Waals surface area contributed by atoms with Crippen LogP contribution >= 0.6 is 23.6 Å². The van der Waals surface area contributed by atoms with E-state index >= 15 is 0 Å². The van der Waals surface area contributed by atoms with Crippen molar-refractivity contribution >= 4 is 55.9 Å². The van der Waals surface area contributed by atoms with Crippen LogP contribution in [0.1, 0.15) is 34.6 Å². The summed E-state index contributed by atoms with van der Waals surface area (Å²) in [4.78, 5) is 28.9. The number of carbonyl (C=O) groups is 2. The Bertz CT molecular complexity index is 1080. The van der Waals surface area contributed by atoms with Gasteiger partial charge in [-0.2, -0.15) is 0 Å². The fourth-order valence-corrected chi connectivity index (χ4v) is 3.68. The number of aromatic nitrogens is 1. The number of fused-ring (bicyclic) bond motifs is 1. The minimum Gasteiger partial charge on any atom is -0.496 e. The molecule has 2 aromatic carbocycles. The van der Waals surface area contributed by atoms with Crippen molar-refractivity contribution < 1.29 is 19.1 Å². The van der Waals surface area contributed by atoms with Crippen LogP contribution in [0.2, 0.25) is 0 Å². The molecule has 0 unspecified atom stereocenters. The number of methoxy groups -OCH3 is 1. The number of thiocarbonyl (C=S) groups is 1. The van der Waals surface area contributed by atoms with Crippen LogP contribution in [0.5, 0.6) is 5.75 Å². The van der Waals surface area contributed by atoms with Crippen molar-refractivity contribution in [3.8, 4) is 5.75 Å². The maximum absolute atomic E-state index is 12.4. The van der Waals surface area contributed by atoms with E-state index in [0.29, 0.717) is 27.5 Å². The van der Waals surface area contributed by atoms with E-state index in [0.717, 1.165) is 4.70 Å². The fourth-order valence-electron chi connectivity index (χ4n) is 2.52. The molecule has 9 heteroatoms. The van der Waals surface area contributed by atoms with Gasteiger partial charge in [0.1, 0.15) is 5.75 Å². The van der Waals surface area contributed by atoms with Crippen LogP contribution in [0.3, 0.4) is 0 Å². The largest absolute Gasteiger partial charge is 0.496 e. The highest BCUT2D eigenvalue weighted by Gasteiger charge is 2.15. The third kappa shape index (κ3) is 5.07. The van der Waals surface area contributed by atoms with Gasteiger partial charge in [-0.05, 0) is 56.4 Å². The summed E-state index contributed by atoms with van der Waals surface area (Å²) >= 11 is 6.53. The molecule has 0 radical (unpaired) electrons. The number of anilines is 1. The van der Waals surface area contributed by atoms with Crippen molar-refractivity contribution in [2.24, 2.45) is 0 Å². The maximum Gasteiger partial charge on any atom is 0.338 e. The zero-order valence-corrected chi connectivity index (χ0v) is 17.6. The molecular weight excluding hydrogens is 410 g/mol. The average Bonchev–Trinajstić information content (AvgIpc) is 3.08. The summed E-state index contributed by atoms with van der Waals surface area (Å²) in [5.74, 6) is -0.321. The van der Waals surface area contributed by atoms with Gasteiger partial charge in [0.15, 0.2) is 10.2 Å². The first-order valence-electron chi connectivity index (χ1n) is 8.74. The van der Waals surface area contributed by atoms with Crippen LogP contribution in [0.25, 0.3) is 10.2 Å². The SMILES string of the molecule is COc1ccccc1C(=O)NC(=S)Nc1nc2ccc(C(=O)OC(C)C)cc2s1. The van der Waals surface area contributed by atoms with Gasteiger partial charge in [0, 0.05) is 0 Å². The molecule has 1 aromatic heterocycles. The number of hydrogen-bond acceptors (Lipinski definition) is 7. The molecule has 2 N–H and O–H groups in total. The Balaban J connectivity index is 1.70. The van der Waals surface area contributed by atoms with Crippen molar-refractivity contribution in [1.82, 2.24) is 10.3 Å². The zero-order valence-electron chi connectivity index (χ0n) is 16.0. The molecule has 0 aliphatic rings. The van der Waals surface area contributed by atoms with E-state index in [1.165, 1.54) is 18.4 Å². The predicted octanol–water partition coefficient (Wildman–Crippen LogP) is 4.00. The predicted molar refractivity (Wildman–Crippen MR) is 117 cm³/mol. The van der Waals surface area contributed by atoms with E-state index in [2.05, 4.69) is 15.6 Å². The van der Waals surface area contributed by atoms with Gasteiger partial charge in [-0.1, -0.05) is 23.5 Å². The topological polar surface area (TPSA) is 89.5 Å². The Morgan fingerprint density at radius 2 is 1.93 bits per heavy atom. The van der Waals surface area contributed by atoms with Crippen molar-refractivity contribution in [3.05, 3.63) is 53.6 Å². The van der Waals surface area contributed by atoms with Gasteiger partial charge in [0.2, 0.25) is 0 Å². The Labute approximate surface area is 177 Å². The summed E-state index contributed by atoms with van der Waals surface area (Å²) in [6.07, 6.45) is -0.193. The first-order chi connectivity index (χ1) is 13.9. The number of amides is 1. The number of esters is 1. The molecule has 29 heavy (non-hydrogen) atoms. The van der Waals surface area contributed by atoms with Crippen LogP contribution in [0.15, 0.2) is 42.5 Å². The smallest absolute Gasteiger partial charge is 0.338 e. The molecule has 0 spiro atoms. The van der Waals surface area contributed by atoms with Crippen LogP contribution in [0.4, 0.5) is 5.13 Å². The number of hydrogen-bond donors (Lipinski definition) is 2. The lowest BCUT2D eigenvalue weighted by Gasteiger charge is -2.09. The number of carbonyl (C=O) groups excluding carboxylic acids is 2. The molecule has 0 aliphatic heterocycles. The van der Waals surface area contributed by atoms with Crippen molar-refractivity contribution in [2.45, 2.75) is 20.0 Å². The van der Waals surface area contributed by atoms with Crippen molar-refractivity contribution in [1.29, 1.82) is 0 Å². The van der Waals surface area contributed by atoms with Gasteiger partial charge >= 0.3 is 5.97 Å². The number of thiazole rings is 1. The van der Waals surface area contributed by atoms with Gasteiger partial charge in [-0.25, -0.2) is 9.78 Å². The second kappa shape index (κ2) is 8.97. The Kier molecular flexibility index (Phi) is 6.40. The van der Waals surface area contributed by atoms with Gasteiger partial charge in [0.05, 0.1) is 34.6 Å². The molecule has 1 heterocycles. The summed E-state index contributed by atoms with van der Waals surface area (Å²) in [6, 6.07) is 12.0. The normalized spacial score (nSPS) is 10.6. The quantitative estimate of drug-likeness (QED) is 0.468. The Morgan fingerprint density at radius 3 is 2.66 bits per heavy atom. The summed E-state index contributed by atoms with van der Waals surface area (Å²) in [7, 11) is 1.50. The molecule has 0 saturated heterocycles. The number of nitrogens with one attached hydrogen (secondary N) is 2. The molecule has 0 aliphatic carbocycles.